The third-order valence-electron chi connectivity index (χ3n) is 6.10. The number of nitrogens with zero attached hydrogens (tertiary/aromatic N) is 1. The predicted molar refractivity (Wildman–Crippen MR) is 126 cm³/mol. The van der Waals surface area contributed by atoms with Gasteiger partial charge in [0.1, 0.15) is 0 Å². The molecule has 0 radical (unpaired) electrons. The van der Waals surface area contributed by atoms with Crippen molar-refractivity contribution in [3.05, 3.63) is 53.6 Å². The predicted octanol–water partition coefficient (Wildman–Crippen LogP) is 2.75. The van der Waals surface area contributed by atoms with Gasteiger partial charge in [-0.15, -0.1) is 0 Å². The van der Waals surface area contributed by atoms with E-state index in [1.807, 2.05) is 32.0 Å². The van der Waals surface area contributed by atoms with E-state index in [0.29, 0.717) is 18.8 Å². The number of ether oxygens (including phenoxy) is 1. The summed E-state index contributed by atoms with van der Waals surface area (Å²) < 4.78 is 33.0. The molecule has 176 valence electrons. The summed E-state index contributed by atoms with van der Waals surface area (Å²) in [5, 5.41) is 2.80. The van der Waals surface area contributed by atoms with Crippen molar-refractivity contribution >= 4 is 33.2 Å². The number of nitrogens with one attached hydrogen (secondary N) is 2. The van der Waals surface area contributed by atoms with Crippen LogP contribution >= 0.6 is 0 Å². The molecule has 2 heterocycles. The van der Waals surface area contributed by atoms with E-state index in [1.165, 1.54) is 12.1 Å². The first-order valence-electron chi connectivity index (χ1n) is 11.1. The van der Waals surface area contributed by atoms with Crippen molar-refractivity contribution in [3.8, 4) is 0 Å². The minimum Gasteiger partial charge on any atom is -0.377 e. The van der Waals surface area contributed by atoms with Crippen molar-refractivity contribution in [2.24, 2.45) is 5.92 Å². The van der Waals surface area contributed by atoms with Crippen molar-refractivity contribution in [2.75, 3.05) is 29.9 Å². The Morgan fingerprint density at radius 1 is 1.15 bits per heavy atom. The van der Waals surface area contributed by atoms with Crippen LogP contribution in [0.1, 0.15) is 30.4 Å². The van der Waals surface area contributed by atoms with Gasteiger partial charge in [-0.1, -0.05) is 17.7 Å². The summed E-state index contributed by atoms with van der Waals surface area (Å²) in [6, 6.07) is 11.9. The van der Waals surface area contributed by atoms with E-state index in [1.54, 1.807) is 17.0 Å². The Morgan fingerprint density at radius 2 is 1.91 bits per heavy atom. The summed E-state index contributed by atoms with van der Waals surface area (Å²) >= 11 is 0. The molecule has 9 heteroatoms. The summed E-state index contributed by atoms with van der Waals surface area (Å²) in [7, 11) is -3.66. The van der Waals surface area contributed by atoms with Gasteiger partial charge in [0, 0.05) is 37.5 Å². The van der Waals surface area contributed by atoms with Crippen LogP contribution < -0.4 is 14.9 Å². The van der Waals surface area contributed by atoms with Gasteiger partial charge in [0.15, 0.2) is 0 Å². The van der Waals surface area contributed by atoms with Crippen molar-refractivity contribution in [3.63, 3.8) is 0 Å². The zero-order valence-electron chi connectivity index (χ0n) is 18.8. The molecule has 2 aromatic rings. The van der Waals surface area contributed by atoms with Gasteiger partial charge in [-0.25, -0.2) is 13.1 Å². The molecule has 0 aliphatic carbocycles. The van der Waals surface area contributed by atoms with Crippen LogP contribution in [0.4, 0.5) is 11.4 Å². The first-order valence-corrected chi connectivity index (χ1v) is 12.6. The second kappa shape index (κ2) is 9.62. The van der Waals surface area contributed by atoms with Crippen LogP contribution in [0.25, 0.3) is 0 Å². The number of benzene rings is 2. The molecule has 2 amide bonds. The van der Waals surface area contributed by atoms with E-state index >= 15 is 0 Å². The second-order valence-electron chi connectivity index (χ2n) is 8.70. The van der Waals surface area contributed by atoms with E-state index in [0.717, 1.165) is 29.7 Å². The van der Waals surface area contributed by atoms with E-state index in [4.69, 9.17) is 4.74 Å². The molecule has 0 saturated carbocycles. The molecule has 8 nitrogen and oxygen atoms in total. The lowest BCUT2D eigenvalue weighted by molar-refractivity contribution is -0.122. The fourth-order valence-corrected chi connectivity index (χ4v) is 5.34. The van der Waals surface area contributed by atoms with E-state index in [9.17, 15) is 18.0 Å². The lowest BCUT2D eigenvalue weighted by Crippen LogP contribution is -2.31. The number of aryl methyl sites for hydroxylation is 2. The minimum atomic E-state index is -3.66. The Labute approximate surface area is 194 Å². The van der Waals surface area contributed by atoms with Gasteiger partial charge in [-0.3, -0.25) is 9.59 Å². The number of anilines is 2. The molecule has 2 atom stereocenters. The van der Waals surface area contributed by atoms with Crippen LogP contribution in [-0.2, 0) is 24.3 Å². The second-order valence-corrected chi connectivity index (χ2v) is 10.5. The lowest BCUT2D eigenvalue weighted by atomic mass is 10.1. The van der Waals surface area contributed by atoms with Gasteiger partial charge in [-0.05, 0) is 62.6 Å². The van der Waals surface area contributed by atoms with E-state index in [-0.39, 0.29) is 35.8 Å². The number of carbonyl (C=O) groups excluding carboxylic acids is 2. The zero-order valence-corrected chi connectivity index (χ0v) is 19.7. The van der Waals surface area contributed by atoms with Crippen LogP contribution in [0, 0.1) is 19.8 Å². The van der Waals surface area contributed by atoms with E-state index in [2.05, 4.69) is 10.0 Å². The van der Waals surface area contributed by atoms with Crippen molar-refractivity contribution < 1.29 is 22.7 Å². The smallest absolute Gasteiger partial charge is 0.240 e. The normalized spacial score (nSPS) is 20.9. The number of carbonyl (C=O) groups is 2. The Hall–Kier alpha value is -2.75. The summed E-state index contributed by atoms with van der Waals surface area (Å²) in [6.07, 6.45) is 1.84. The van der Waals surface area contributed by atoms with Crippen LogP contribution in [0.2, 0.25) is 0 Å². The minimum absolute atomic E-state index is 0.0825. The molecular weight excluding hydrogens is 442 g/mol. The molecule has 2 aliphatic heterocycles. The van der Waals surface area contributed by atoms with Gasteiger partial charge in [0.2, 0.25) is 21.8 Å². The number of hydrogen-bond acceptors (Lipinski definition) is 5. The van der Waals surface area contributed by atoms with Crippen molar-refractivity contribution in [1.29, 1.82) is 0 Å². The third-order valence-corrected chi connectivity index (χ3v) is 7.54. The van der Waals surface area contributed by atoms with Crippen molar-refractivity contribution in [1.82, 2.24) is 4.72 Å². The lowest BCUT2D eigenvalue weighted by Gasteiger charge is -2.19. The Morgan fingerprint density at radius 3 is 2.58 bits per heavy atom. The first-order chi connectivity index (χ1) is 15.7. The van der Waals surface area contributed by atoms with Gasteiger partial charge in [0.25, 0.3) is 0 Å². The average molecular weight is 472 g/mol. The van der Waals surface area contributed by atoms with Gasteiger partial charge in [-0.2, -0.15) is 0 Å². The zero-order chi connectivity index (χ0) is 23.6. The number of hydrogen-bond donors (Lipinski definition) is 2. The van der Waals surface area contributed by atoms with Crippen LogP contribution in [-0.4, -0.2) is 46.0 Å². The SMILES string of the molecule is Cc1ccc(N2CC(C(=O)Nc3ccc(S(=O)(=O)NCC4CCCO4)cc3)CC2=O)c(C)c1. The quantitative estimate of drug-likeness (QED) is 0.646. The van der Waals surface area contributed by atoms with Crippen LogP contribution in [0.3, 0.4) is 0 Å². The monoisotopic (exact) mass is 471 g/mol. The molecule has 0 bridgehead atoms. The molecule has 33 heavy (non-hydrogen) atoms. The molecule has 0 aromatic heterocycles. The summed E-state index contributed by atoms with van der Waals surface area (Å²) in [6.45, 7) is 5.17. The molecule has 2 unspecified atom stereocenters. The van der Waals surface area contributed by atoms with Crippen LogP contribution in [0.5, 0.6) is 0 Å². The maximum atomic E-state index is 12.8. The summed E-state index contributed by atoms with van der Waals surface area (Å²) in [5.74, 6) is -0.821. The van der Waals surface area contributed by atoms with Gasteiger partial charge in [0.05, 0.1) is 16.9 Å². The molecule has 2 N–H and O–H groups in total. The highest BCUT2D eigenvalue weighted by Gasteiger charge is 2.35. The Kier molecular flexibility index (Phi) is 6.83. The molecule has 2 fully saturated rings. The molecule has 0 spiro atoms. The molecule has 2 saturated heterocycles. The highest BCUT2D eigenvalue weighted by Crippen LogP contribution is 2.29. The highest BCUT2D eigenvalue weighted by atomic mass is 32.2. The molecule has 2 aromatic carbocycles. The largest absolute Gasteiger partial charge is 0.377 e. The standard InChI is InChI=1S/C24H29N3O5S/c1-16-5-10-22(17(2)12-16)27-15-18(13-23(27)28)24(29)26-19-6-8-21(9-7-19)33(30,31)25-14-20-4-3-11-32-20/h5-10,12,18,20,25H,3-4,11,13-15H2,1-2H3,(H,26,29). The highest BCUT2D eigenvalue weighted by molar-refractivity contribution is 7.89. The van der Waals surface area contributed by atoms with Gasteiger partial charge < -0.3 is 15.0 Å². The molecule has 2 aliphatic rings. The molecule has 4 rings (SSSR count). The summed E-state index contributed by atoms with van der Waals surface area (Å²) in [4.78, 5) is 27.1. The number of sulfonamides is 1. The molecular formula is C24H29N3O5S. The first kappa shape index (κ1) is 23.4. The van der Waals surface area contributed by atoms with Crippen LogP contribution in [0.15, 0.2) is 47.4 Å². The maximum absolute atomic E-state index is 12.8. The fourth-order valence-electron chi connectivity index (χ4n) is 4.28. The van der Waals surface area contributed by atoms with E-state index < -0.39 is 15.9 Å². The fraction of sp³-hybridized carbons (Fsp3) is 0.417. The van der Waals surface area contributed by atoms with Gasteiger partial charge >= 0.3 is 0 Å². The number of rotatable bonds is 7. The average Bonchev–Trinajstić information content (AvgIpc) is 3.43. The third kappa shape index (κ3) is 5.43. The topological polar surface area (TPSA) is 105 Å². The number of amides is 2. The van der Waals surface area contributed by atoms with Crippen molar-refractivity contribution in [2.45, 2.75) is 44.1 Å². The Balaban J connectivity index is 1.36. The summed E-state index contributed by atoms with van der Waals surface area (Å²) in [5.41, 5.74) is 3.42. The maximum Gasteiger partial charge on any atom is 0.240 e. The Bertz CT molecular complexity index is 1140.